The minimum absolute atomic E-state index is 0.622. The molecule has 1 heterocycles. The van der Waals surface area contributed by atoms with Gasteiger partial charge in [0, 0.05) is 43.2 Å². The van der Waals surface area contributed by atoms with E-state index in [1.165, 1.54) is 10.2 Å². The van der Waals surface area contributed by atoms with Gasteiger partial charge in [0.1, 0.15) is 0 Å². The highest BCUT2D eigenvalue weighted by molar-refractivity contribution is 9.10. The van der Waals surface area contributed by atoms with E-state index in [4.69, 9.17) is 0 Å². The fourth-order valence-corrected chi connectivity index (χ4v) is 3.07. The molecular formula is C14H22BrN3. The third kappa shape index (κ3) is 3.25. The third-order valence-electron chi connectivity index (χ3n) is 3.63. The summed E-state index contributed by atoms with van der Waals surface area (Å²) in [5.41, 5.74) is 1.32. The minimum atomic E-state index is 0.622. The van der Waals surface area contributed by atoms with E-state index >= 15 is 0 Å². The van der Waals surface area contributed by atoms with Crippen molar-refractivity contribution in [2.45, 2.75) is 13.0 Å². The Morgan fingerprint density at radius 2 is 1.89 bits per heavy atom. The number of anilines is 1. The Hall–Kier alpha value is -0.580. The lowest BCUT2D eigenvalue weighted by Crippen LogP contribution is -2.51. The summed E-state index contributed by atoms with van der Waals surface area (Å²) in [6.45, 7) is 7.86. The molecule has 1 fully saturated rings. The lowest BCUT2D eigenvalue weighted by molar-refractivity contribution is 0.195. The highest BCUT2D eigenvalue weighted by Gasteiger charge is 2.21. The number of nitrogens with zero attached hydrogens (tertiary/aromatic N) is 2. The summed E-state index contributed by atoms with van der Waals surface area (Å²) in [5, 5.41) is 3.25. The second-order valence-electron chi connectivity index (χ2n) is 4.88. The van der Waals surface area contributed by atoms with Gasteiger partial charge in [-0.25, -0.2) is 0 Å². The maximum Gasteiger partial charge on any atom is 0.0511 e. The van der Waals surface area contributed by atoms with Crippen LogP contribution in [-0.2, 0) is 0 Å². The van der Waals surface area contributed by atoms with E-state index in [0.29, 0.717) is 6.04 Å². The second kappa shape index (κ2) is 6.55. The van der Waals surface area contributed by atoms with Gasteiger partial charge < -0.3 is 10.2 Å². The van der Waals surface area contributed by atoms with Crippen LogP contribution in [0.5, 0.6) is 0 Å². The molecule has 0 amide bonds. The van der Waals surface area contributed by atoms with Crippen LogP contribution in [0.2, 0.25) is 0 Å². The van der Waals surface area contributed by atoms with Crippen molar-refractivity contribution < 1.29 is 0 Å². The highest BCUT2D eigenvalue weighted by Crippen LogP contribution is 2.26. The van der Waals surface area contributed by atoms with Crippen molar-refractivity contribution in [1.29, 1.82) is 0 Å². The Morgan fingerprint density at radius 1 is 1.22 bits per heavy atom. The molecule has 1 N–H and O–H groups in total. The summed E-state index contributed by atoms with van der Waals surface area (Å²) in [7, 11) is 2.02. The average Bonchev–Trinajstić information content (AvgIpc) is 2.40. The van der Waals surface area contributed by atoms with Gasteiger partial charge in [-0.2, -0.15) is 0 Å². The van der Waals surface area contributed by atoms with Crippen LogP contribution < -0.4 is 10.2 Å². The SMILES string of the molecule is CNCC(C)N1CCN(c2ccccc2Br)CC1. The molecule has 3 nitrogen and oxygen atoms in total. The Kier molecular flexibility index (Phi) is 5.03. The van der Waals surface area contributed by atoms with Crippen LogP contribution in [0.25, 0.3) is 0 Å². The van der Waals surface area contributed by atoms with Crippen LogP contribution in [0.15, 0.2) is 28.7 Å². The first-order valence-corrected chi connectivity index (χ1v) is 7.40. The fraction of sp³-hybridized carbons (Fsp3) is 0.571. The first-order valence-electron chi connectivity index (χ1n) is 6.60. The Bertz CT molecular complexity index is 375. The molecule has 1 atom stereocenters. The van der Waals surface area contributed by atoms with Gasteiger partial charge in [0.15, 0.2) is 0 Å². The Balaban J connectivity index is 1.93. The van der Waals surface area contributed by atoms with Crippen molar-refractivity contribution >= 4 is 21.6 Å². The maximum atomic E-state index is 3.64. The smallest absolute Gasteiger partial charge is 0.0511 e. The zero-order valence-electron chi connectivity index (χ0n) is 11.2. The standard InChI is InChI=1S/C14H22BrN3/c1-12(11-16-2)17-7-9-18(10-8-17)14-6-4-3-5-13(14)15/h3-6,12,16H,7-11H2,1-2H3. The summed E-state index contributed by atoms with van der Waals surface area (Å²) in [5.74, 6) is 0. The number of rotatable bonds is 4. The van der Waals surface area contributed by atoms with E-state index in [0.717, 1.165) is 32.7 Å². The van der Waals surface area contributed by atoms with Gasteiger partial charge in [0.05, 0.1) is 5.69 Å². The van der Waals surface area contributed by atoms with Crippen LogP contribution in [0, 0.1) is 0 Å². The summed E-state index contributed by atoms with van der Waals surface area (Å²) in [6.07, 6.45) is 0. The molecule has 100 valence electrons. The fourth-order valence-electron chi connectivity index (χ4n) is 2.54. The van der Waals surface area contributed by atoms with E-state index in [1.807, 2.05) is 7.05 Å². The van der Waals surface area contributed by atoms with Crippen molar-refractivity contribution in [1.82, 2.24) is 10.2 Å². The monoisotopic (exact) mass is 311 g/mol. The Labute approximate surface area is 118 Å². The lowest BCUT2D eigenvalue weighted by atomic mass is 10.2. The van der Waals surface area contributed by atoms with E-state index < -0.39 is 0 Å². The van der Waals surface area contributed by atoms with E-state index in [9.17, 15) is 0 Å². The van der Waals surface area contributed by atoms with Crippen LogP contribution in [0.1, 0.15) is 6.92 Å². The molecule has 0 radical (unpaired) electrons. The van der Waals surface area contributed by atoms with Gasteiger partial charge in [-0.15, -0.1) is 0 Å². The summed E-state index contributed by atoms with van der Waals surface area (Å²) < 4.78 is 1.20. The van der Waals surface area contributed by atoms with Crippen molar-refractivity contribution in [3.63, 3.8) is 0 Å². The van der Waals surface area contributed by atoms with Gasteiger partial charge in [-0.3, -0.25) is 4.90 Å². The number of para-hydroxylation sites is 1. The number of benzene rings is 1. The molecule has 18 heavy (non-hydrogen) atoms. The van der Waals surface area contributed by atoms with Crippen molar-refractivity contribution in [3.8, 4) is 0 Å². The van der Waals surface area contributed by atoms with Crippen LogP contribution in [-0.4, -0.2) is 50.7 Å². The molecule has 1 unspecified atom stereocenters. The molecule has 1 saturated heterocycles. The number of piperazine rings is 1. The van der Waals surface area contributed by atoms with Gasteiger partial charge in [0.25, 0.3) is 0 Å². The van der Waals surface area contributed by atoms with Crippen LogP contribution in [0.4, 0.5) is 5.69 Å². The molecule has 0 aliphatic carbocycles. The first kappa shape index (κ1) is 13.8. The zero-order chi connectivity index (χ0) is 13.0. The number of halogens is 1. The molecule has 4 heteroatoms. The normalized spacial score (nSPS) is 18.9. The van der Waals surface area contributed by atoms with Crippen molar-refractivity contribution in [2.24, 2.45) is 0 Å². The minimum Gasteiger partial charge on any atom is -0.368 e. The molecular weight excluding hydrogens is 290 g/mol. The predicted octanol–water partition coefficient (Wildman–Crippen LogP) is 2.18. The molecule has 0 spiro atoms. The second-order valence-corrected chi connectivity index (χ2v) is 5.74. The van der Waals surface area contributed by atoms with E-state index in [-0.39, 0.29) is 0 Å². The van der Waals surface area contributed by atoms with Crippen LogP contribution >= 0.6 is 15.9 Å². The number of nitrogens with one attached hydrogen (secondary N) is 1. The highest BCUT2D eigenvalue weighted by atomic mass is 79.9. The summed E-state index contributed by atoms with van der Waals surface area (Å²) in [6, 6.07) is 9.10. The summed E-state index contributed by atoms with van der Waals surface area (Å²) >= 11 is 3.64. The molecule has 1 aliphatic rings. The van der Waals surface area contributed by atoms with Gasteiger partial charge in [-0.05, 0) is 42.0 Å². The van der Waals surface area contributed by atoms with Crippen LogP contribution in [0.3, 0.4) is 0 Å². The number of likely N-dealkylation sites (N-methyl/N-ethyl adjacent to an activating group) is 1. The van der Waals surface area contributed by atoms with Gasteiger partial charge in [-0.1, -0.05) is 12.1 Å². The molecule has 0 bridgehead atoms. The van der Waals surface area contributed by atoms with Gasteiger partial charge in [0.2, 0.25) is 0 Å². The van der Waals surface area contributed by atoms with Crippen molar-refractivity contribution in [2.75, 3.05) is 44.7 Å². The van der Waals surface area contributed by atoms with Gasteiger partial charge >= 0.3 is 0 Å². The molecule has 0 saturated carbocycles. The molecule has 1 aromatic carbocycles. The molecule has 2 rings (SSSR count). The summed E-state index contributed by atoms with van der Waals surface area (Å²) in [4.78, 5) is 5.02. The molecule has 0 aromatic heterocycles. The lowest BCUT2D eigenvalue weighted by Gasteiger charge is -2.39. The van der Waals surface area contributed by atoms with E-state index in [2.05, 4.69) is 62.2 Å². The topological polar surface area (TPSA) is 18.5 Å². The number of hydrogen-bond acceptors (Lipinski definition) is 3. The number of hydrogen-bond donors (Lipinski definition) is 1. The molecule has 1 aromatic rings. The average molecular weight is 312 g/mol. The maximum absolute atomic E-state index is 3.64. The quantitative estimate of drug-likeness (QED) is 0.919. The van der Waals surface area contributed by atoms with Crippen molar-refractivity contribution in [3.05, 3.63) is 28.7 Å². The largest absolute Gasteiger partial charge is 0.368 e. The van der Waals surface area contributed by atoms with E-state index in [1.54, 1.807) is 0 Å². The third-order valence-corrected chi connectivity index (χ3v) is 4.30. The Morgan fingerprint density at radius 3 is 2.50 bits per heavy atom. The molecule has 1 aliphatic heterocycles. The zero-order valence-corrected chi connectivity index (χ0v) is 12.8. The predicted molar refractivity (Wildman–Crippen MR) is 81.3 cm³/mol. The first-order chi connectivity index (χ1) is 8.72.